The van der Waals surface area contributed by atoms with Crippen LogP contribution in [-0.2, 0) is 14.8 Å². The summed E-state index contributed by atoms with van der Waals surface area (Å²) in [5.74, 6) is 0.849. The molecule has 0 aromatic heterocycles. The van der Waals surface area contributed by atoms with E-state index in [4.69, 9.17) is 4.74 Å². The first-order valence-corrected chi connectivity index (χ1v) is 13.3. The lowest BCUT2D eigenvalue weighted by atomic mass is 9.78. The number of nitrogens with zero attached hydrogens (tertiary/aromatic N) is 2. The van der Waals surface area contributed by atoms with Gasteiger partial charge in [-0.25, -0.2) is 8.42 Å². The van der Waals surface area contributed by atoms with Gasteiger partial charge in [-0.2, -0.15) is 4.31 Å². The van der Waals surface area contributed by atoms with E-state index in [1.807, 2.05) is 48.2 Å². The summed E-state index contributed by atoms with van der Waals surface area (Å²) in [5.41, 5.74) is 0.353. The number of ether oxygens (including phenoxy) is 1. The number of amides is 1. The molecule has 33 heavy (non-hydrogen) atoms. The second-order valence-corrected chi connectivity index (χ2v) is 11.4. The molecule has 2 saturated heterocycles. The number of likely N-dealkylation sites (tertiary alicyclic amines) is 1. The number of carbonyl (C=O) groups excluding carboxylic acids is 1. The Labute approximate surface area is 197 Å². The van der Waals surface area contributed by atoms with Crippen LogP contribution in [0.3, 0.4) is 0 Å². The molecular weight excluding hydrogens is 436 g/mol. The van der Waals surface area contributed by atoms with Gasteiger partial charge in [0.05, 0.1) is 11.5 Å². The Kier molecular flexibility index (Phi) is 7.39. The molecule has 2 heterocycles. The van der Waals surface area contributed by atoms with Crippen LogP contribution in [0.4, 0.5) is 0 Å². The van der Waals surface area contributed by atoms with Crippen LogP contribution >= 0.6 is 0 Å². The van der Waals surface area contributed by atoms with Gasteiger partial charge in [0.2, 0.25) is 15.9 Å². The van der Waals surface area contributed by atoms with Gasteiger partial charge in [-0.3, -0.25) is 4.79 Å². The van der Waals surface area contributed by atoms with Crippen molar-refractivity contribution < 1.29 is 17.9 Å². The maximum Gasteiger partial charge on any atom is 0.243 e. The number of hydrogen-bond acceptors (Lipinski definition) is 4. The molecule has 2 aromatic carbocycles. The van der Waals surface area contributed by atoms with Crippen molar-refractivity contribution in [2.75, 3.05) is 32.8 Å². The normalized spacial score (nSPS) is 22.2. The molecule has 2 aliphatic heterocycles. The fraction of sp³-hybridized carbons (Fsp3) is 0.500. The number of carbonyl (C=O) groups is 1. The summed E-state index contributed by atoms with van der Waals surface area (Å²) in [6, 6.07) is 16.6. The zero-order chi connectivity index (χ0) is 23.3. The number of aryl methyl sites for hydroxylation is 1. The topological polar surface area (TPSA) is 66.9 Å². The smallest absolute Gasteiger partial charge is 0.243 e. The van der Waals surface area contributed by atoms with Gasteiger partial charge in [-0.15, -0.1) is 0 Å². The quantitative estimate of drug-likeness (QED) is 0.607. The maximum atomic E-state index is 13.5. The Morgan fingerprint density at radius 1 is 0.970 bits per heavy atom. The lowest BCUT2D eigenvalue weighted by molar-refractivity contribution is -0.136. The van der Waals surface area contributed by atoms with Crippen molar-refractivity contribution in [3.63, 3.8) is 0 Å². The Balaban J connectivity index is 1.57. The predicted octanol–water partition coefficient (Wildman–Crippen LogP) is 4.25. The number of piperidine rings is 2. The van der Waals surface area contributed by atoms with E-state index in [1.54, 1.807) is 22.5 Å². The van der Waals surface area contributed by atoms with E-state index in [0.717, 1.165) is 50.1 Å². The van der Waals surface area contributed by atoms with Gasteiger partial charge in [0.15, 0.2) is 0 Å². The first-order valence-electron chi connectivity index (χ1n) is 11.9. The molecular formula is C26H34N2O4S. The lowest BCUT2D eigenvalue weighted by Crippen LogP contribution is -2.51. The highest BCUT2D eigenvalue weighted by molar-refractivity contribution is 7.89. The van der Waals surface area contributed by atoms with E-state index in [0.29, 0.717) is 30.9 Å². The fourth-order valence-corrected chi connectivity index (χ4v) is 6.63. The molecule has 0 N–H and O–H groups in total. The molecule has 0 spiro atoms. The largest absolute Gasteiger partial charge is 0.493 e. The Hall–Kier alpha value is -2.38. The zero-order valence-electron chi connectivity index (χ0n) is 19.4. The van der Waals surface area contributed by atoms with Crippen LogP contribution < -0.4 is 4.74 Å². The van der Waals surface area contributed by atoms with Crippen molar-refractivity contribution in [2.24, 2.45) is 5.41 Å². The van der Waals surface area contributed by atoms with E-state index in [2.05, 4.69) is 0 Å². The van der Waals surface area contributed by atoms with E-state index in [1.165, 1.54) is 0 Å². The van der Waals surface area contributed by atoms with E-state index < -0.39 is 15.4 Å². The predicted molar refractivity (Wildman–Crippen MR) is 129 cm³/mol. The second kappa shape index (κ2) is 10.3. The summed E-state index contributed by atoms with van der Waals surface area (Å²) >= 11 is 0. The molecule has 2 aliphatic rings. The summed E-state index contributed by atoms with van der Waals surface area (Å²) < 4.78 is 34.6. The first-order chi connectivity index (χ1) is 15.9. The second-order valence-electron chi connectivity index (χ2n) is 9.48. The van der Waals surface area contributed by atoms with Crippen LogP contribution in [0.2, 0.25) is 0 Å². The minimum absolute atomic E-state index is 0.112. The average Bonchev–Trinajstić information content (AvgIpc) is 2.84. The van der Waals surface area contributed by atoms with Crippen LogP contribution in [0.5, 0.6) is 5.75 Å². The lowest BCUT2D eigenvalue weighted by Gasteiger charge is -2.42. The Bertz CT molecular complexity index is 1050. The van der Waals surface area contributed by atoms with E-state index in [9.17, 15) is 13.2 Å². The third kappa shape index (κ3) is 5.76. The fourth-order valence-electron chi connectivity index (χ4n) is 4.93. The summed E-state index contributed by atoms with van der Waals surface area (Å²) in [6.07, 6.45) is 5.00. The average molecular weight is 471 g/mol. The highest BCUT2D eigenvalue weighted by Crippen LogP contribution is 2.37. The standard InChI is InChI=1S/C26H34N2O4S/c1-22-10-8-13-24(18-22)33(30,31)28-17-9-14-26(20-28,21-32-23-11-4-2-5-12-23)19-25(29)27-15-6-3-7-16-27/h2,4-5,8,10-13,18H,3,6-7,9,14-17,19-21H2,1H3/t26-/m0/s1. The molecule has 4 rings (SSSR count). The molecule has 7 heteroatoms. The maximum absolute atomic E-state index is 13.5. The van der Waals surface area contributed by atoms with Crippen molar-refractivity contribution in [1.29, 1.82) is 0 Å². The van der Waals surface area contributed by atoms with Gasteiger partial charge >= 0.3 is 0 Å². The van der Waals surface area contributed by atoms with Crippen molar-refractivity contribution in [2.45, 2.75) is 50.3 Å². The van der Waals surface area contributed by atoms with Crippen LogP contribution in [0, 0.1) is 12.3 Å². The monoisotopic (exact) mass is 470 g/mol. The summed E-state index contributed by atoms with van der Waals surface area (Å²) in [7, 11) is -3.65. The molecule has 2 fully saturated rings. The van der Waals surface area contributed by atoms with E-state index >= 15 is 0 Å². The number of hydrogen-bond donors (Lipinski definition) is 0. The highest BCUT2D eigenvalue weighted by atomic mass is 32.2. The number of rotatable bonds is 7. The summed E-state index contributed by atoms with van der Waals surface area (Å²) in [5, 5.41) is 0. The van der Waals surface area contributed by atoms with Crippen molar-refractivity contribution in [1.82, 2.24) is 9.21 Å². The van der Waals surface area contributed by atoms with Crippen LogP contribution in [0.25, 0.3) is 0 Å². The van der Waals surface area contributed by atoms with Crippen LogP contribution in [-0.4, -0.2) is 56.3 Å². The Morgan fingerprint density at radius 3 is 2.45 bits per heavy atom. The summed E-state index contributed by atoms with van der Waals surface area (Å²) in [4.78, 5) is 15.5. The molecule has 178 valence electrons. The molecule has 0 saturated carbocycles. The van der Waals surface area contributed by atoms with Crippen molar-refractivity contribution >= 4 is 15.9 Å². The van der Waals surface area contributed by atoms with Crippen molar-refractivity contribution in [3.8, 4) is 5.75 Å². The summed E-state index contributed by atoms with van der Waals surface area (Å²) in [6.45, 7) is 4.54. The van der Waals surface area contributed by atoms with Crippen LogP contribution in [0.1, 0.15) is 44.1 Å². The molecule has 2 aromatic rings. The minimum Gasteiger partial charge on any atom is -0.493 e. The first kappa shape index (κ1) is 23.8. The molecule has 0 aliphatic carbocycles. The Morgan fingerprint density at radius 2 is 1.73 bits per heavy atom. The number of para-hydroxylation sites is 1. The molecule has 1 atom stereocenters. The molecule has 1 amide bonds. The minimum atomic E-state index is -3.65. The molecule has 6 nitrogen and oxygen atoms in total. The molecule has 0 radical (unpaired) electrons. The van der Waals surface area contributed by atoms with Gasteiger partial charge < -0.3 is 9.64 Å². The third-order valence-corrected chi connectivity index (χ3v) is 8.62. The number of sulfonamides is 1. The van der Waals surface area contributed by atoms with Gasteiger partial charge in [0, 0.05) is 38.0 Å². The van der Waals surface area contributed by atoms with Crippen LogP contribution in [0.15, 0.2) is 59.5 Å². The van der Waals surface area contributed by atoms with Gasteiger partial charge in [0.25, 0.3) is 0 Å². The SMILES string of the molecule is Cc1cccc(S(=O)(=O)N2CCC[C@](COc3ccccc3)(CC(=O)N3CCCCC3)C2)c1. The third-order valence-electron chi connectivity index (χ3n) is 6.78. The molecule has 0 bridgehead atoms. The van der Waals surface area contributed by atoms with Crippen molar-refractivity contribution in [3.05, 3.63) is 60.2 Å². The highest BCUT2D eigenvalue weighted by Gasteiger charge is 2.43. The van der Waals surface area contributed by atoms with Gasteiger partial charge in [0.1, 0.15) is 5.75 Å². The number of benzene rings is 2. The van der Waals surface area contributed by atoms with Gasteiger partial charge in [-0.05, 0) is 68.9 Å². The van der Waals surface area contributed by atoms with Gasteiger partial charge in [-0.1, -0.05) is 30.3 Å². The zero-order valence-corrected chi connectivity index (χ0v) is 20.2. The molecule has 0 unspecified atom stereocenters. The van der Waals surface area contributed by atoms with E-state index in [-0.39, 0.29) is 12.5 Å².